The summed E-state index contributed by atoms with van der Waals surface area (Å²) in [6.07, 6.45) is 0.672. The Hall–Kier alpha value is -0.910. The van der Waals surface area contributed by atoms with Gasteiger partial charge in [-0.3, -0.25) is 0 Å². The van der Waals surface area contributed by atoms with Gasteiger partial charge in [0.05, 0.1) is 24.9 Å². The normalized spacial score (nSPS) is 46.6. The van der Waals surface area contributed by atoms with E-state index in [9.17, 15) is 20.1 Å². The predicted octanol–water partition coefficient (Wildman–Crippen LogP) is 1.01. The van der Waals surface area contributed by atoms with Gasteiger partial charge in [-0.25, -0.2) is 4.79 Å². The van der Waals surface area contributed by atoms with Crippen LogP contribution in [0.5, 0.6) is 0 Å². The van der Waals surface area contributed by atoms with Crippen LogP contribution in [0.4, 0.5) is 0 Å². The molecular formula is C16H26O5. The van der Waals surface area contributed by atoms with Crippen molar-refractivity contribution in [1.82, 2.24) is 0 Å². The number of rotatable bonds is 2. The van der Waals surface area contributed by atoms with Gasteiger partial charge in [0.1, 0.15) is 0 Å². The van der Waals surface area contributed by atoms with E-state index in [1.165, 1.54) is 7.11 Å². The Bertz CT molecular complexity index is 444. The zero-order valence-electron chi connectivity index (χ0n) is 13.0. The van der Waals surface area contributed by atoms with E-state index in [4.69, 9.17) is 0 Å². The maximum Gasteiger partial charge on any atom is 0.333 e. The molecule has 0 amide bonds. The first kappa shape index (κ1) is 16.5. The molecule has 0 bridgehead atoms. The van der Waals surface area contributed by atoms with Crippen molar-refractivity contribution in [2.75, 3.05) is 7.11 Å². The standard InChI is InChI=1S/C16H26O5/c1-9(14(19)21-4)10-5-7-15(2)11(17)6-8-16(3,20)13(15)12(10)18/h10-13,17-18,20H,1,5-8H2,2-4H3. The lowest BCUT2D eigenvalue weighted by molar-refractivity contribution is -0.212. The van der Waals surface area contributed by atoms with Gasteiger partial charge >= 0.3 is 5.97 Å². The highest BCUT2D eigenvalue weighted by Crippen LogP contribution is 2.56. The molecule has 6 unspecified atom stereocenters. The molecule has 0 radical (unpaired) electrons. The first-order chi connectivity index (χ1) is 9.65. The SMILES string of the molecule is C=C(C(=O)OC)C1CCC2(C)C(O)CCC(C)(O)C2C1O. The topological polar surface area (TPSA) is 87.0 Å². The number of carbonyl (C=O) groups excluding carboxylic acids is 1. The minimum atomic E-state index is -1.07. The van der Waals surface area contributed by atoms with Crippen molar-refractivity contribution in [3.8, 4) is 0 Å². The highest BCUT2D eigenvalue weighted by Gasteiger charge is 2.59. The lowest BCUT2D eigenvalue weighted by Gasteiger charge is -2.58. The third-order valence-electron chi connectivity index (χ3n) is 5.71. The van der Waals surface area contributed by atoms with Gasteiger partial charge in [0.15, 0.2) is 0 Å². The molecule has 2 saturated carbocycles. The summed E-state index contributed by atoms with van der Waals surface area (Å²) in [6, 6.07) is 0. The fraction of sp³-hybridized carbons (Fsp3) is 0.812. The van der Waals surface area contributed by atoms with Gasteiger partial charge in [-0.1, -0.05) is 13.5 Å². The van der Waals surface area contributed by atoms with Crippen LogP contribution >= 0.6 is 0 Å². The molecule has 120 valence electrons. The Kier molecular flexibility index (Phi) is 4.21. The molecule has 0 saturated heterocycles. The Morgan fingerprint density at radius 1 is 1.24 bits per heavy atom. The summed E-state index contributed by atoms with van der Waals surface area (Å²) < 4.78 is 4.69. The molecule has 2 aliphatic carbocycles. The number of hydrogen-bond acceptors (Lipinski definition) is 5. The van der Waals surface area contributed by atoms with Gasteiger partial charge in [0, 0.05) is 22.8 Å². The van der Waals surface area contributed by atoms with Crippen LogP contribution < -0.4 is 0 Å². The van der Waals surface area contributed by atoms with Crippen molar-refractivity contribution in [1.29, 1.82) is 0 Å². The predicted molar refractivity (Wildman–Crippen MR) is 77.3 cm³/mol. The summed E-state index contributed by atoms with van der Waals surface area (Å²) in [5.74, 6) is -1.46. The van der Waals surface area contributed by atoms with Crippen LogP contribution in [0, 0.1) is 17.3 Å². The third-order valence-corrected chi connectivity index (χ3v) is 5.71. The smallest absolute Gasteiger partial charge is 0.333 e. The summed E-state index contributed by atoms with van der Waals surface area (Å²) in [4.78, 5) is 11.7. The van der Waals surface area contributed by atoms with E-state index in [0.717, 1.165) is 0 Å². The molecule has 0 aliphatic heterocycles. The van der Waals surface area contributed by atoms with Gasteiger partial charge in [-0.2, -0.15) is 0 Å². The fourth-order valence-electron chi connectivity index (χ4n) is 4.44. The van der Waals surface area contributed by atoms with Crippen LogP contribution in [0.15, 0.2) is 12.2 Å². The number of hydrogen-bond donors (Lipinski definition) is 3. The van der Waals surface area contributed by atoms with E-state index in [2.05, 4.69) is 11.3 Å². The molecule has 0 aromatic carbocycles. The number of methoxy groups -OCH3 is 1. The van der Waals surface area contributed by atoms with Crippen molar-refractivity contribution < 1.29 is 24.9 Å². The van der Waals surface area contributed by atoms with Crippen molar-refractivity contribution in [2.24, 2.45) is 17.3 Å². The summed E-state index contributed by atoms with van der Waals surface area (Å²) in [6.45, 7) is 7.36. The molecule has 5 nitrogen and oxygen atoms in total. The van der Waals surface area contributed by atoms with Gasteiger partial charge < -0.3 is 20.1 Å². The molecule has 2 fully saturated rings. The number of aliphatic hydroxyl groups excluding tert-OH is 2. The van der Waals surface area contributed by atoms with Crippen LogP contribution in [-0.2, 0) is 9.53 Å². The number of ether oxygens (including phenoxy) is 1. The van der Waals surface area contributed by atoms with Crippen LogP contribution in [-0.4, -0.2) is 46.2 Å². The molecule has 2 aliphatic rings. The molecule has 5 heteroatoms. The molecule has 0 aromatic rings. The van der Waals surface area contributed by atoms with Crippen molar-refractivity contribution >= 4 is 5.97 Å². The Morgan fingerprint density at radius 3 is 2.43 bits per heavy atom. The second-order valence-corrected chi connectivity index (χ2v) is 7.05. The molecule has 0 spiro atoms. The average molecular weight is 298 g/mol. The van der Waals surface area contributed by atoms with E-state index >= 15 is 0 Å². The fourth-order valence-corrected chi connectivity index (χ4v) is 4.44. The summed E-state index contributed by atoms with van der Waals surface area (Å²) in [5.41, 5.74) is -1.38. The van der Waals surface area contributed by atoms with Crippen LogP contribution in [0.25, 0.3) is 0 Å². The van der Waals surface area contributed by atoms with Crippen molar-refractivity contribution in [3.05, 3.63) is 12.2 Å². The summed E-state index contributed by atoms with van der Waals surface area (Å²) in [7, 11) is 1.29. The molecule has 0 heterocycles. The minimum Gasteiger partial charge on any atom is -0.466 e. The Labute approximate surface area is 125 Å². The van der Waals surface area contributed by atoms with Gasteiger partial charge in [0.2, 0.25) is 0 Å². The van der Waals surface area contributed by atoms with Gasteiger partial charge in [-0.15, -0.1) is 0 Å². The largest absolute Gasteiger partial charge is 0.466 e. The molecule has 2 rings (SSSR count). The third kappa shape index (κ3) is 2.51. The maximum absolute atomic E-state index is 11.7. The first-order valence-corrected chi connectivity index (χ1v) is 7.51. The maximum atomic E-state index is 11.7. The molecule has 21 heavy (non-hydrogen) atoms. The molecular weight excluding hydrogens is 272 g/mol. The van der Waals surface area contributed by atoms with Crippen molar-refractivity contribution in [2.45, 2.75) is 57.3 Å². The second-order valence-electron chi connectivity index (χ2n) is 7.05. The molecule has 0 aromatic heterocycles. The van der Waals surface area contributed by atoms with E-state index < -0.39 is 41.0 Å². The van der Waals surface area contributed by atoms with Crippen molar-refractivity contribution in [3.63, 3.8) is 0 Å². The van der Waals surface area contributed by atoms with Crippen LogP contribution in [0.2, 0.25) is 0 Å². The number of fused-ring (bicyclic) bond motifs is 1. The monoisotopic (exact) mass is 298 g/mol. The van der Waals surface area contributed by atoms with E-state index in [-0.39, 0.29) is 5.57 Å². The lowest BCUT2D eigenvalue weighted by Crippen LogP contribution is -2.63. The zero-order chi connectivity index (χ0) is 16.0. The summed E-state index contributed by atoms with van der Waals surface area (Å²) in [5, 5.41) is 31.8. The molecule has 3 N–H and O–H groups in total. The van der Waals surface area contributed by atoms with Gasteiger partial charge in [0.25, 0.3) is 0 Å². The van der Waals surface area contributed by atoms with E-state index in [1.807, 2.05) is 6.92 Å². The van der Waals surface area contributed by atoms with Crippen LogP contribution in [0.3, 0.4) is 0 Å². The quantitative estimate of drug-likeness (QED) is 0.523. The number of carbonyl (C=O) groups is 1. The van der Waals surface area contributed by atoms with Gasteiger partial charge in [-0.05, 0) is 32.6 Å². The van der Waals surface area contributed by atoms with E-state index in [1.54, 1.807) is 6.92 Å². The molecule has 6 atom stereocenters. The first-order valence-electron chi connectivity index (χ1n) is 7.51. The average Bonchev–Trinajstić information content (AvgIpc) is 2.42. The zero-order valence-corrected chi connectivity index (χ0v) is 13.0. The Balaban J connectivity index is 2.33. The number of esters is 1. The highest BCUT2D eigenvalue weighted by atomic mass is 16.5. The Morgan fingerprint density at radius 2 is 1.86 bits per heavy atom. The second kappa shape index (κ2) is 5.38. The van der Waals surface area contributed by atoms with E-state index in [0.29, 0.717) is 25.7 Å². The summed E-state index contributed by atoms with van der Waals surface area (Å²) >= 11 is 0. The number of aliphatic hydroxyl groups is 3. The van der Waals surface area contributed by atoms with Crippen LogP contribution in [0.1, 0.15) is 39.5 Å². The lowest BCUT2D eigenvalue weighted by atomic mass is 9.50. The highest BCUT2D eigenvalue weighted by molar-refractivity contribution is 5.88. The minimum absolute atomic E-state index is 0.239.